The van der Waals surface area contributed by atoms with Gasteiger partial charge < -0.3 is 30.2 Å². The first kappa shape index (κ1) is 30.4. The molecule has 222 valence electrons. The van der Waals surface area contributed by atoms with Gasteiger partial charge in [-0.3, -0.25) is 14.4 Å². The Bertz CT molecular complexity index is 1510. The molecule has 0 bridgehead atoms. The summed E-state index contributed by atoms with van der Waals surface area (Å²) in [6, 6.07) is 15.1. The Balaban J connectivity index is 1.86. The highest BCUT2D eigenvalue weighted by Crippen LogP contribution is 2.50. The Labute approximate surface area is 246 Å². The Morgan fingerprint density at radius 1 is 0.952 bits per heavy atom. The lowest BCUT2D eigenvalue weighted by atomic mass is 9.95. The molecular formula is C33H39N3O6. The van der Waals surface area contributed by atoms with Gasteiger partial charge in [-0.15, -0.1) is 0 Å². The van der Waals surface area contributed by atoms with E-state index >= 15 is 0 Å². The normalized spacial score (nSPS) is 14.5. The second-order valence-corrected chi connectivity index (χ2v) is 10.8. The van der Waals surface area contributed by atoms with E-state index in [1.165, 1.54) is 6.92 Å². The van der Waals surface area contributed by atoms with Gasteiger partial charge in [-0.05, 0) is 72.2 Å². The molecule has 3 aromatic rings. The predicted octanol–water partition coefficient (Wildman–Crippen LogP) is 5.33. The van der Waals surface area contributed by atoms with Crippen LogP contribution >= 0.6 is 0 Å². The number of para-hydroxylation sites is 1. The zero-order chi connectivity index (χ0) is 30.4. The largest absolute Gasteiger partial charge is 0.493 e. The van der Waals surface area contributed by atoms with Crippen LogP contribution in [0.2, 0.25) is 0 Å². The number of nitrogens with one attached hydrogen (secondary N) is 3. The molecule has 0 saturated heterocycles. The van der Waals surface area contributed by atoms with Crippen molar-refractivity contribution in [2.45, 2.75) is 52.1 Å². The maximum absolute atomic E-state index is 13.7. The van der Waals surface area contributed by atoms with Gasteiger partial charge in [0.2, 0.25) is 23.0 Å². The Morgan fingerprint density at radius 3 is 2.29 bits per heavy atom. The summed E-state index contributed by atoms with van der Waals surface area (Å²) in [7, 11) is 4.67. The molecule has 0 spiro atoms. The molecule has 9 heteroatoms. The summed E-state index contributed by atoms with van der Waals surface area (Å²) >= 11 is 0. The van der Waals surface area contributed by atoms with Gasteiger partial charge in [0.15, 0.2) is 11.5 Å². The molecule has 9 nitrogen and oxygen atoms in total. The molecule has 1 aliphatic carbocycles. The first-order chi connectivity index (χ1) is 20.2. The van der Waals surface area contributed by atoms with Crippen LogP contribution in [-0.4, -0.2) is 39.2 Å². The third-order valence-electron chi connectivity index (χ3n) is 7.31. The van der Waals surface area contributed by atoms with Gasteiger partial charge in [0.05, 0.1) is 33.1 Å². The number of carbonyl (C=O) groups is 2. The molecule has 0 heterocycles. The van der Waals surface area contributed by atoms with E-state index < -0.39 is 12.1 Å². The average molecular weight is 574 g/mol. The average Bonchev–Trinajstić information content (AvgIpc) is 3.20. The summed E-state index contributed by atoms with van der Waals surface area (Å²) in [4.78, 5) is 39.3. The smallest absolute Gasteiger partial charge is 0.246 e. The van der Waals surface area contributed by atoms with Crippen molar-refractivity contribution in [1.29, 1.82) is 0 Å². The van der Waals surface area contributed by atoms with Gasteiger partial charge in [-0.25, -0.2) is 0 Å². The minimum Gasteiger partial charge on any atom is -0.493 e. The number of methoxy groups -OCH3 is 3. The first-order valence-corrected chi connectivity index (χ1v) is 14.1. The van der Waals surface area contributed by atoms with Gasteiger partial charge in [0, 0.05) is 18.2 Å². The van der Waals surface area contributed by atoms with E-state index in [0.29, 0.717) is 47.8 Å². The lowest BCUT2D eigenvalue weighted by Crippen LogP contribution is -2.37. The minimum atomic E-state index is -0.655. The van der Waals surface area contributed by atoms with Crippen molar-refractivity contribution >= 4 is 23.2 Å². The van der Waals surface area contributed by atoms with E-state index in [0.717, 1.165) is 16.7 Å². The number of ether oxygens (including phenoxy) is 3. The highest BCUT2D eigenvalue weighted by atomic mass is 16.5. The van der Waals surface area contributed by atoms with Crippen molar-refractivity contribution in [2.75, 3.05) is 32.0 Å². The van der Waals surface area contributed by atoms with Crippen molar-refractivity contribution in [3.8, 4) is 28.4 Å². The fourth-order valence-electron chi connectivity index (χ4n) is 5.47. The quantitative estimate of drug-likeness (QED) is 0.300. The zero-order valence-electron chi connectivity index (χ0n) is 25.0. The van der Waals surface area contributed by atoms with Crippen LogP contribution in [0.1, 0.15) is 50.8 Å². The molecule has 0 fully saturated rings. The standard InChI is InChI=1S/C33H39N3O6/c1-19(2)16-27(33(39)35-22-10-8-7-9-11-22)36-26-15-13-23-24(18-28(26)38)25(34-20(3)37)14-12-21-17-29(40-4)31(41-5)32(42-6)30(21)23/h7-11,13,15,17-19,25,27H,12,14,16H2,1-6H3,(H,34,37)(H,35,39)(H,36,38)/t25-,27-/m0/s1. The van der Waals surface area contributed by atoms with Gasteiger partial charge in [-0.2, -0.15) is 0 Å². The van der Waals surface area contributed by atoms with Crippen molar-refractivity contribution in [3.63, 3.8) is 0 Å². The van der Waals surface area contributed by atoms with Crippen LogP contribution in [0.25, 0.3) is 11.1 Å². The highest BCUT2D eigenvalue weighted by molar-refractivity contribution is 5.96. The molecule has 0 aliphatic heterocycles. The third kappa shape index (κ3) is 6.67. The highest BCUT2D eigenvalue weighted by Gasteiger charge is 2.30. The van der Waals surface area contributed by atoms with Crippen LogP contribution in [0.15, 0.2) is 59.4 Å². The molecule has 2 amide bonds. The van der Waals surface area contributed by atoms with Crippen molar-refractivity contribution < 1.29 is 23.8 Å². The summed E-state index contributed by atoms with van der Waals surface area (Å²) in [5.41, 5.74) is 3.74. The topological polar surface area (TPSA) is 115 Å². The zero-order valence-corrected chi connectivity index (χ0v) is 25.0. The van der Waals surface area contributed by atoms with Crippen molar-refractivity contribution in [3.05, 3.63) is 75.9 Å². The van der Waals surface area contributed by atoms with Crippen LogP contribution < -0.4 is 35.6 Å². The maximum atomic E-state index is 13.7. The summed E-state index contributed by atoms with van der Waals surface area (Å²) in [5, 5.41) is 9.18. The molecule has 0 saturated carbocycles. The Kier molecular flexibility index (Phi) is 9.72. The maximum Gasteiger partial charge on any atom is 0.246 e. The molecule has 3 aromatic carbocycles. The Hall–Kier alpha value is -4.53. The number of hydrogen-bond acceptors (Lipinski definition) is 7. The lowest BCUT2D eigenvalue weighted by Gasteiger charge is -2.20. The van der Waals surface area contributed by atoms with E-state index in [4.69, 9.17) is 14.2 Å². The summed E-state index contributed by atoms with van der Waals surface area (Å²) in [5.74, 6) is 1.19. The molecule has 2 atom stereocenters. The fraction of sp³-hybridized carbons (Fsp3) is 0.364. The summed E-state index contributed by atoms with van der Waals surface area (Å²) in [6.45, 7) is 5.51. The van der Waals surface area contributed by atoms with E-state index in [1.807, 2.05) is 56.3 Å². The molecule has 42 heavy (non-hydrogen) atoms. The second kappa shape index (κ2) is 13.4. The van der Waals surface area contributed by atoms with Crippen molar-refractivity contribution in [1.82, 2.24) is 5.32 Å². The van der Waals surface area contributed by atoms with Gasteiger partial charge in [-0.1, -0.05) is 38.1 Å². The minimum absolute atomic E-state index is 0.191. The number of aryl methyl sites for hydroxylation is 1. The number of anilines is 2. The molecular weight excluding hydrogens is 534 g/mol. The number of amides is 2. The number of fused-ring (bicyclic) bond motifs is 3. The molecule has 1 aliphatic rings. The SMILES string of the molecule is COc1cc2c(c(OC)c1OC)-c1ccc(N[C@@H](CC(C)C)C(=O)Nc3ccccc3)c(=O)cc1[C@@H](NC(C)=O)CC2. The van der Waals surface area contributed by atoms with Crippen LogP contribution in [-0.2, 0) is 16.0 Å². The van der Waals surface area contributed by atoms with Crippen LogP contribution in [0.3, 0.4) is 0 Å². The summed E-state index contributed by atoms with van der Waals surface area (Å²) < 4.78 is 17.1. The number of rotatable bonds is 10. The van der Waals surface area contributed by atoms with Gasteiger partial charge in [0.25, 0.3) is 0 Å². The van der Waals surface area contributed by atoms with Crippen LogP contribution in [0.4, 0.5) is 11.4 Å². The van der Waals surface area contributed by atoms with E-state index in [-0.39, 0.29) is 28.8 Å². The van der Waals surface area contributed by atoms with E-state index in [2.05, 4.69) is 16.0 Å². The van der Waals surface area contributed by atoms with E-state index in [9.17, 15) is 14.4 Å². The first-order valence-electron chi connectivity index (χ1n) is 14.1. The molecule has 0 aromatic heterocycles. The van der Waals surface area contributed by atoms with Crippen molar-refractivity contribution in [2.24, 2.45) is 5.92 Å². The lowest BCUT2D eigenvalue weighted by molar-refractivity contribution is -0.120. The molecule has 3 N–H and O–H groups in total. The van der Waals surface area contributed by atoms with Crippen LogP contribution in [0, 0.1) is 5.92 Å². The Morgan fingerprint density at radius 2 is 1.67 bits per heavy atom. The van der Waals surface area contributed by atoms with Gasteiger partial charge >= 0.3 is 0 Å². The van der Waals surface area contributed by atoms with Gasteiger partial charge in [0.1, 0.15) is 6.04 Å². The predicted molar refractivity (Wildman–Crippen MR) is 165 cm³/mol. The molecule has 0 radical (unpaired) electrons. The third-order valence-corrected chi connectivity index (χ3v) is 7.31. The monoisotopic (exact) mass is 573 g/mol. The van der Waals surface area contributed by atoms with Crippen LogP contribution in [0.5, 0.6) is 17.2 Å². The number of hydrogen-bond donors (Lipinski definition) is 3. The second-order valence-electron chi connectivity index (χ2n) is 10.8. The number of carbonyl (C=O) groups excluding carboxylic acids is 2. The molecule has 4 rings (SSSR count). The fourth-order valence-corrected chi connectivity index (χ4v) is 5.47. The summed E-state index contributed by atoms with van der Waals surface area (Å²) in [6.07, 6.45) is 1.67. The number of benzene rings is 2. The molecule has 0 unspecified atom stereocenters. The van der Waals surface area contributed by atoms with E-state index in [1.54, 1.807) is 33.5 Å².